The molecule has 0 aliphatic heterocycles. The first-order valence-corrected chi connectivity index (χ1v) is 6.63. The molecule has 19 heavy (non-hydrogen) atoms. The minimum absolute atomic E-state index is 0.0841. The monoisotopic (exact) mass is 274 g/mol. The Balaban J connectivity index is 2.06. The molecule has 1 heterocycles. The smallest absolute Gasteiger partial charge is 0.307 e. The van der Waals surface area contributed by atoms with Crippen molar-refractivity contribution in [3.05, 3.63) is 11.7 Å². The second kappa shape index (κ2) is 4.81. The predicted molar refractivity (Wildman–Crippen MR) is 64.7 cm³/mol. The van der Waals surface area contributed by atoms with Gasteiger partial charge in [-0.05, 0) is 31.1 Å². The van der Waals surface area contributed by atoms with E-state index in [4.69, 9.17) is 4.52 Å². The van der Waals surface area contributed by atoms with E-state index in [1.54, 1.807) is 0 Å². The highest BCUT2D eigenvalue weighted by atomic mass is 19.3. The highest BCUT2D eigenvalue weighted by molar-refractivity contribution is 4.99. The van der Waals surface area contributed by atoms with Crippen LogP contribution in [0.1, 0.15) is 51.7 Å². The van der Waals surface area contributed by atoms with Crippen LogP contribution in [0.4, 0.5) is 8.78 Å². The summed E-state index contributed by atoms with van der Waals surface area (Å²) < 4.78 is 30.8. The Morgan fingerprint density at radius 1 is 1.42 bits per heavy atom. The van der Waals surface area contributed by atoms with Gasteiger partial charge in [-0.2, -0.15) is 13.8 Å². The molecule has 0 spiro atoms. The summed E-state index contributed by atoms with van der Waals surface area (Å²) in [5, 5.41) is 13.8. The maximum Gasteiger partial charge on any atom is 0.307 e. The molecule has 1 N–H and O–H groups in total. The molecular weight excluding hydrogens is 254 g/mol. The van der Waals surface area contributed by atoms with E-state index in [1.807, 2.05) is 0 Å². The van der Waals surface area contributed by atoms with Gasteiger partial charge >= 0.3 is 5.92 Å². The molecule has 0 aromatic carbocycles. The van der Waals surface area contributed by atoms with Crippen LogP contribution < -0.4 is 0 Å². The summed E-state index contributed by atoms with van der Waals surface area (Å²) in [6.45, 7) is 4.97. The molecule has 4 nitrogen and oxygen atoms in total. The SMILES string of the molecule is CC1CCC(O)(Cc2nc(C(C)(F)F)no2)CC1C. The van der Waals surface area contributed by atoms with Gasteiger partial charge in [0.15, 0.2) is 0 Å². The zero-order valence-electron chi connectivity index (χ0n) is 11.5. The first-order valence-electron chi connectivity index (χ1n) is 6.63. The molecule has 1 aliphatic rings. The van der Waals surface area contributed by atoms with Crippen LogP contribution in [-0.4, -0.2) is 20.8 Å². The fourth-order valence-electron chi connectivity index (χ4n) is 2.63. The number of halogens is 2. The third-order valence-corrected chi connectivity index (χ3v) is 4.08. The lowest BCUT2D eigenvalue weighted by Crippen LogP contribution is -2.39. The lowest BCUT2D eigenvalue weighted by molar-refractivity contribution is -0.0330. The third kappa shape index (κ3) is 3.29. The van der Waals surface area contributed by atoms with Crippen LogP contribution in [0.3, 0.4) is 0 Å². The molecule has 2 rings (SSSR count). The minimum atomic E-state index is -3.11. The van der Waals surface area contributed by atoms with E-state index in [9.17, 15) is 13.9 Å². The van der Waals surface area contributed by atoms with Crippen molar-refractivity contribution in [3.63, 3.8) is 0 Å². The van der Waals surface area contributed by atoms with E-state index in [0.717, 1.165) is 13.3 Å². The van der Waals surface area contributed by atoms with E-state index in [-0.39, 0.29) is 12.3 Å². The maximum absolute atomic E-state index is 13.0. The third-order valence-electron chi connectivity index (χ3n) is 4.08. The number of aromatic nitrogens is 2. The number of rotatable bonds is 3. The quantitative estimate of drug-likeness (QED) is 0.920. The second-order valence-electron chi connectivity index (χ2n) is 6.00. The lowest BCUT2D eigenvalue weighted by atomic mass is 9.72. The van der Waals surface area contributed by atoms with Crippen molar-refractivity contribution >= 4 is 0 Å². The molecule has 6 heteroatoms. The number of alkyl halides is 2. The second-order valence-corrected chi connectivity index (χ2v) is 6.00. The van der Waals surface area contributed by atoms with Gasteiger partial charge in [-0.3, -0.25) is 0 Å². The molecule has 1 aromatic rings. The molecule has 0 amide bonds. The molecule has 1 aliphatic carbocycles. The average molecular weight is 274 g/mol. The van der Waals surface area contributed by atoms with Gasteiger partial charge in [-0.15, -0.1) is 0 Å². The van der Waals surface area contributed by atoms with Gasteiger partial charge < -0.3 is 9.63 Å². The van der Waals surface area contributed by atoms with Gasteiger partial charge in [-0.25, -0.2) is 0 Å². The summed E-state index contributed by atoms with van der Waals surface area (Å²) in [5.41, 5.74) is -0.918. The summed E-state index contributed by atoms with van der Waals surface area (Å²) >= 11 is 0. The van der Waals surface area contributed by atoms with Crippen LogP contribution in [0, 0.1) is 11.8 Å². The predicted octanol–water partition coefficient (Wildman–Crippen LogP) is 2.91. The Morgan fingerprint density at radius 3 is 2.63 bits per heavy atom. The summed E-state index contributed by atoms with van der Waals surface area (Å²) in [6, 6.07) is 0. The first-order chi connectivity index (χ1) is 8.70. The minimum Gasteiger partial charge on any atom is -0.389 e. The fourth-order valence-corrected chi connectivity index (χ4v) is 2.63. The highest BCUT2D eigenvalue weighted by Gasteiger charge is 2.38. The Bertz CT molecular complexity index is 444. The van der Waals surface area contributed by atoms with Crippen LogP contribution in [0.2, 0.25) is 0 Å². The van der Waals surface area contributed by atoms with Crippen molar-refractivity contribution < 1.29 is 18.4 Å². The molecule has 3 unspecified atom stereocenters. The molecule has 1 saturated carbocycles. The van der Waals surface area contributed by atoms with Gasteiger partial charge in [-0.1, -0.05) is 19.0 Å². The molecule has 0 radical (unpaired) electrons. The molecule has 0 bridgehead atoms. The zero-order chi connectivity index (χ0) is 14.3. The Hall–Kier alpha value is -1.04. The number of nitrogens with zero attached hydrogens (tertiary/aromatic N) is 2. The normalized spacial score (nSPS) is 32.5. The first kappa shape index (κ1) is 14.4. The molecule has 108 valence electrons. The topological polar surface area (TPSA) is 59.2 Å². The van der Waals surface area contributed by atoms with Gasteiger partial charge in [0.1, 0.15) is 0 Å². The van der Waals surface area contributed by atoms with Crippen LogP contribution >= 0.6 is 0 Å². The lowest BCUT2D eigenvalue weighted by Gasteiger charge is -2.38. The van der Waals surface area contributed by atoms with Crippen molar-refractivity contribution in [2.45, 2.75) is 58.0 Å². The van der Waals surface area contributed by atoms with Crippen LogP contribution in [0.5, 0.6) is 0 Å². The molecule has 1 aromatic heterocycles. The van der Waals surface area contributed by atoms with E-state index in [0.29, 0.717) is 24.7 Å². The zero-order valence-corrected chi connectivity index (χ0v) is 11.5. The van der Waals surface area contributed by atoms with E-state index in [1.165, 1.54) is 0 Å². The maximum atomic E-state index is 13.0. The molecule has 0 saturated heterocycles. The average Bonchev–Trinajstić information content (AvgIpc) is 2.72. The van der Waals surface area contributed by atoms with Gasteiger partial charge in [0.25, 0.3) is 0 Å². The number of hydrogen-bond acceptors (Lipinski definition) is 4. The largest absolute Gasteiger partial charge is 0.389 e. The Labute approximate surface area is 111 Å². The van der Waals surface area contributed by atoms with Crippen molar-refractivity contribution in [2.75, 3.05) is 0 Å². The van der Waals surface area contributed by atoms with Crippen LogP contribution in [0.25, 0.3) is 0 Å². The van der Waals surface area contributed by atoms with Crippen LogP contribution in [0.15, 0.2) is 4.52 Å². The van der Waals surface area contributed by atoms with Crippen molar-refractivity contribution in [1.82, 2.24) is 10.1 Å². The number of aliphatic hydroxyl groups is 1. The summed E-state index contributed by atoms with van der Waals surface area (Å²) in [6.07, 6.45) is 2.34. The van der Waals surface area contributed by atoms with Crippen molar-refractivity contribution in [3.8, 4) is 0 Å². The van der Waals surface area contributed by atoms with E-state index in [2.05, 4.69) is 24.0 Å². The Morgan fingerprint density at radius 2 is 2.11 bits per heavy atom. The van der Waals surface area contributed by atoms with E-state index >= 15 is 0 Å². The highest BCUT2D eigenvalue weighted by Crippen LogP contribution is 2.38. The van der Waals surface area contributed by atoms with Gasteiger partial charge in [0.05, 0.1) is 12.0 Å². The van der Waals surface area contributed by atoms with Crippen LogP contribution in [-0.2, 0) is 12.3 Å². The van der Waals surface area contributed by atoms with E-state index < -0.39 is 17.3 Å². The van der Waals surface area contributed by atoms with Crippen molar-refractivity contribution in [1.29, 1.82) is 0 Å². The summed E-state index contributed by atoms with van der Waals surface area (Å²) in [7, 11) is 0. The van der Waals surface area contributed by atoms with Gasteiger partial charge in [0, 0.05) is 6.92 Å². The summed E-state index contributed by atoms with van der Waals surface area (Å²) in [4.78, 5) is 3.68. The molecule has 3 atom stereocenters. The fraction of sp³-hybridized carbons (Fsp3) is 0.846. The van der Waals surface area contributed by atoms with Crippen molar-refractivity contribution in [2.24, 2.45) is 11.8 Å². The number of hydrogen-bond donors (Lipinski definition) is 1. The van der Waals surface area contributed by atoms with Gasteiger partial charge in [0.2, 0.25) is 11.7 Å². The Kier molecular flexibility index (Phi) is 3.64. The standard InChI is InChI=1S/C13H20F2N2O2/c1-8-4-5-13(18,6-9(8)2)7-10-16-11(17-19-10)12(3,14)15/h8-9,18H,4-7H2,1-3H3. The molecular formula is C13H20F2N2O2. The summed E-state index contributed by atoms with van der Waals surface area (Å²) in [5.74, 6) is -2.69. The molecule has 1 fully saturated rings.